The number of hydrogen-bond donors (Lipinski definition) is 0. The summed E-state index contributed by atoms with van der Waals surface area (Å²) in [6.45, 7) is 18.3. The molecule has 2 rings (SSSR count). The van der Waals surface area contributed by atoms with Crippen LogP contribution in [-0.2, 0) is 20.0 Å². The Balaban J connectivity index is -0.000000249. The van der Waals surface area contributed by atoms with Gasteiger partial charge in [-0.15, -0.1) is 6.42 Å². The molecule has 0 spiro atoms. The molecule has 0 heterocycles. The van der Waals surface area contributed by atoms with Gasteiger partial charge in [0.25, 0.3) is 0 Å². The van der Waals surface area contributed by atoms with Crippen LogP contribution in [0.15, 0.2) is 36.4 Å². The van der Waals surface area contributed by atoms with E-state index < -0.39 is 0 Å². The summed E-state index contributed by atoms with van der Waals surface area (Å²) in [5.74, 6) is 0. The Morgan fingerprint density at radius 1 is 1.12 bits per heavy atom. The van der Waals surface area contributed by atoms with Gasteiger partial charge in [0.1, 0.15) is 0 Å². The van der Waals surface area contributed by atoms with Gasteiger partial charge in [-0.25, -0.2) is 23.8 Å². The number of aryl methyl sites for hydroxylation is 2. The van der Waals surface area contributed by atoms with Gasteiger partial charge in [-0.05, 0) is 0 Å². The van der Waals surface area contributed by atoms with Crippen LogP contribution in [0.2, 0.25) is 0 Å². The van der Waals surface area contributed by atoms with E-state index in [2.05, 4.69) is 54.8 Å². The maximum atomic E-state index is 3.97. The van der Waals surface area contributed by atoms with Crippen LogP contribution in [0.3, 0.4) is 0 Å². The molecule has 2 nitrogen and oxygen atoms in total. The summed E-state index contributed by atoms with van der Waals surface area (Å²) in [7, 11) is 0. The second kappa shape index (κ2) is 28.2. The Labute approximate surface area is 169 Å². The summed E-state index contributed by atoms with van der Waals surface area (Å²) in [5, 5.41) is 7.94. The third-order valence-corrected chi connectivity index (χ3v) is 2.54. The SMILES string of the molecule is CC[N-]CC.CC[N-]CC.C[CH]=[Ti].Cc1cc[c-](C)c1.[C-]1=CC=CC1. The maximum absolute atomic E-state index is 3.97. The van der Waals surface area contributed by atoms with Gasteiger partial charge in [0.05, 0.1) is 0 Å². The number of nitrogens with zero attached hydrogens (tertiary/aromatic N) is 2. The first-order valence-electron chi connectivity index (χ1n) is 9.16. The summed E-state index contributed by atoms with van der Waals surface area (Å²) in [6, 6.07) is 6.41. The molecule has 1 aliphatic rings. The molecule has 3 heteroatoms. The molecular weight excluding hydrogens is 340 g/mol. The van der Waals surface area contributed by atoms with Gasteiger partial charge in [-0.1, -0.05) is 41.5 Å². The molecule has 1 aromatic carbocycles. The van der Waals surface area contributed by atoms with Gasteiger partial charge in [-0.2, -0.15) is 50.0 Å². The van der Waals surface area contributed by atoms with Crippen LogP contribution in [0, 0.1) is 19.9 Å². The van der Waals surface area contributed by atoms with Crippen molar-refractivity contribution in [1.29, 1.82) is 0 Å². The summed E-state index contributed by atoms with van der Waals surface area (Å²) in [4.78, 5) is 0. The average Bonchev–Trinajstić information content (AvgIpc) is 3.26. The maximum Gasteiger partial charge on any atom is -0.0860 e. The van der Waals surface area contributed by atoms with Crippen molar-refractivity contribution < 1.29 is 20.0 Å². The molecule has 144 valence electrons. The number of hydrogen-bond acceptors (Lipinski definition) is 0. The van der Waals surface area contributed by atoms with Crippen LogP contribution >= 0.6 is 0 Å². The monoisotopic (exact) mass is 378 g/mol. The van der Waals surface area contributed by atoms with Crippen molar-refractivity contribution in [2.45, 2.75) is 54.9 Å². The zero-order chi connectivity index (χ0) is 19.8. The molecule has 0 aromatic heterocycles. The van der Waals surface area contributed by atoms with E-state index in [0.29, 0.717) is 0 Å². The molecule has 0 radical (unpaired) electrons. The molecule has 0 amide bonds. The van der Waals surface area contributed by atoms with E-state index in [4.69, 9.17) is 0 Å². The predicted octanol–water partition coefficient (Wildman–Crippen LogP) is 6.48. The van der Waals surface area contributed by atoms with Gasteiger partial charge in [0.2, 0.25) is 0 Å². The standard InChI is InChI=1S/C7H9.C5H5.2C4H10N.C2H4.Ti/c1-6-3-4-7(2)5-6;1-2-4-5-3-1;2*1-3-5-4-2;1-2;/h3-5H,1-2H3;1-3H,4H2;2*3-4H2,1-2H3;1H,2H3;/q4*-1;;. The van der Waals surface area contributed by atoms with E-state index in [9.17, 15) is 0 Å². The molecule has 0 atom stereocenters. The summed E-state index contributed by atoms with van der Waals surface area (Å²) in [6.07, 6.45) is 10.0. The Morgan fingerprint density at radius 3 is 1.68 bits per heavy atom. The van der Waals surface area contributed by atoms with E-state index in [1.807, 2.05) is 71.1 Å². The Morgan fingerprint density at radius 2 is 1.60 bits per heavy atom. The van der Waals surface area contributed by atoms with Gasteiger partial charge >= 0.3 is 31.2 Å². The van der Waals surface area contributed by atoms with Crippen molar-refractivity contribution in [1.82, 2.24) is 0 Å². The van der Waals surface area contributed by atoms with Crippen LogP contribution in [0.25, 0.3) is 10.6 Å². The van der Waals surface area contributed by atoms with Crippen molar-refractivity contribution in [3.05, 3.63) is 64.3 Å². The fourth-order valence-corrected chi connectivity index (χ4v) is 1.51. The van der Waals surface area contributed by atoms with Crippen molar-refractivity contribution in [3.63, 3.8) is 0 Å². The largest absolute Gasteiger partial charge is 0.273 e. The van der Waals surface area contributed by atoms with Crippen LogP contribution in [0.4, 0.5) is 0 Å². The normalized spacial score (nSPS) is 10.0. The molecule has 0 saturated heterocycles. The summed E-state index contributed by atoms with van der Waals surface area (Å²) in [5.41, 5.74) is 2.72. The van der Waals surface area contributed by atoms with Crippen LogP contribution in [0.5, 0.6) is 0 Å². The van der Waals surface area contributed by atoms with E-state index in [1.54, 1.807) is 0 Å². The summed E-state index contributed by atoms with van der Waals surface area (Å²) < 4.78 is 2.00. The number of rotatable bonds is 4. The topological polar surface area (TPSA) is 28.2 Å². The van der Waals surface area contributed by atoms with Crippen molar-refractivity contribution >= 4 is 4.31 Å². The Kier molecular flexibility index (Phi) is 32.8. The minimum atomic E-state index is 0.969. The third-order valence-electron chi connectivity index (χ3n) is 2.54. The van der Waals surface area contributed by atoms with Gasteiger partial charge in [0, 0.05) is 0 Å². The zero-order valence-corrected chi connectivity index (χ0v) is 19.0. The van der Waals surface area contributed by atoms with E-state index in [1.165, 1.54) is 11.1 Å². The van der Waals surface area contributed by atoms with Crippen LogP contribution in [0.1, 0.15) is 52.2 Å². The summed E-state index contributed by atoms with van der Waals surface area (Å²) >= 11 is 2.00. The molecule has 25 heavy (non-hydrogen) atoms. The smallest absolute Gasteiger partial charge is 0.0860 e. The molecule has 0 aliphatic heterocycles. The van der Waals surface area contributed by atoms with E-state index in [-0.39, 0.29) is 0 Å². The molecule has 1 aromatic rings. The van der Waals surface area contributed by atoms with Crippen LogP contribution < -0.4 is 0 Å². The van der Waals surface area contributed by atoms with Crippen molar-refractivity contribution in [2.75, 3.05) is 26.2 Å². The quantitative estimate of drug-likeness (QED) is 0.424. The molecule has 0 N–H and O–H groups in total. The van der Waals surface area contributed by atoms with Gasteiger partial charge < -0.3 is 10.6 Å². The first kappa shape index (κ1) is 29.1. The minimum Gasteiger partial charge on any atom is -0.273 e. The van der Waals surface area contributed by atoms with Gasteiger partial charge in [0.15, 0.2) is 0 Å². The fraction of sp³-hybridized carbons (Fsp3) is 0.545. The van der Waals surface area contributed by atoms with E-state index in [0.717, 1.165) is 32.6 Å². The first-order chi connectivity index (χ1) is 12.0. The molecule has 1 aliphatic carbocycles. The number of allylic oxidation sites excluding steroid dienone is 4. The molecule has 0 unspecified atom stereocenters. The Hall–Kier alpha value is -0.666. The van der Waals surface area contributed by atoms with Gasteiger partial charge in [-0.3, -0.25) is 6.08 Å². The van der Waals surface area contributed by atoms with E-state index >= 15 is 0 Å². The third kappa shape index (κ3) is 35.3. The first-order valence-corrected chi connectivity index (χ1v) is 10.1. The second-order valence-corrected chi connectivity index (χ2v) is 5.87. The van der Waals surface area contributed by atoms with Crippen molar-refractivity contribution in [2.24, 2.45) is 0 Å². The van der Waals surface area contributed by atoms with Crippen molar-refractivity contribution in [3.8, 4) is 0 Å². The zero-order valence-electron chi connectivity index (χ0n) is 17.5. The fourth-order valence-electron chi connectivity index (χ4n) is 1.51. The molecular formula is C22H38N2Ti-4. The Bertz CT molecular complexity index is 369. The minimum absolute atomic E-state index is 0.969. The molecule has 0 saturated carbocycles. The molecule has 0 fully saturated rings. The second-order valence-electron chi connectivity index (χ2n) is 4.97. The molecule has 0 bridgehead atoms. The van der Waals surface area contributed by atoms with Crippen LogP contribution in [-0.4, -0.2) is 30.5 Å². The average molecular weight is 378 g/mol. The predicted molar refractivity (Wildman–Crippen MR) is 114 cm³/mol.